The Morgan fingerprint density at radius 1 is 1.17 bits per heavy atom. The van der Waals surface area contributed by atoms with Gasteiger partial charge in [-0.05, 0) is 49.4 Å². The molecule has 0 saturated carbocycles. The molecule has 12 heteroatoms. The van der Waals surface area contributed by atoms with Crippen molar-refractivity contribution in [2.75, 3.05) is 37.7 Å². The summed E-state index contributed by atoms with van der Waals surface area (Å²) in [5.74, 6) is 1.35. The maximum Gasteiger partial charge on any atom is 0.319 e. The van der Waals surface area contributed by atoms with Crippen molar-refractivity contribution < 1.29 is 27.8 Å². The molecule has 10 rings (SSSR count). The van der Waals surface area contributed by atoms with Crippen LogP contribution in [-0.2, 0) is 0 Å². The van der Waals surface area contributed by atoms with Crippen LogP contribution in [0.5, 0.6) is 17.6 Å². The Morgan fingerprint density at radius 2 is 2.04 bits per heavy atom. The minimum Gasteiger partial charge on any atom is -0.508 e. The van der Waals surface area contributed by atoms with Crippen LogP contribution in [0.1, 0.15) is 37.7 Å². The molecule has 6 aliphatic rings. The summed E-state index contributed by atoms with van der Waals surface area (Å²) in [6, 6.07) is 6.01. The first-order valence-corrected chi connectivity index (χ1v) is 15.8. The molecule has 0 spiro atoms. The Kier molecular flexibility index (Phi) is 6.12. The molecule has 0 amide bonds. The normalized spacial score (nSPS) is 28.2. The molecular weight excluding hydrogens is 597 g/mol. The van der Waals surface area contributed by atoms with Crippen molar-refractivity contribution >= 4 is 27.5 Å². The largest absolute Gasteiger partial charge is 0.508 e. The number of hydrogen-bond acceptors (Lipinski definition) is 9. The maximum atomic E-state index is 17.0. The minimum absolute atomic E-state index is 0.0179. The Bertz CT molecular complexity index is 1980. The molecule has 2 aromatic carbocycles. The second-order valence-electron chi connectivity index (χ2n) is 13.2. The summed E-state index contributed by atoms with van der Waals surface area (Å²) < 4.78 is 59.0. The van der Waals surface area contributed by atoms with Crippen molar-refractivity contribution in [3.8, 4) is 41.2 Å². The smallest absolute Gasteiger partial charge is 0.319 e. The highest BCUT2D eigenvalue weighted by molar-refractivity contribution is 6.04. The first-order chi connectivity index (χ1) is 22.3. The van der Waals surface area contributed by atoms with Gasteiger partial charge in [0.2, 0.25) is 5.88 Å². The monoisotopic (exact) mass is 628 g/mol. The van der Waals surface area contributed by atoms with Crippen LogP contribution in [-0.4, -0.2) is 87.6 Å². The zero-order chi connectivity index (χ0) is 31.3. The fourth-order valence-corrected chi connectivity index (χ4v) is 8.51. The zero-order valence-corrected chi connectivity index (χ0v) is 24.9. The molecule has 4 aromatic rings. The second kappa shape index (κ2) is 10.1. The van der Waals surface area contributed by atoms with Crippen molar-refractivity contribution in [3.05, 3.63) is 41.5 Å². The molecule has 2 N–H and O–H groups in total. The number of aromatic nitrogens is 3. The maximum absolute atomic E-state index is 17.0. The molecule has 9 nitrogen and oxygen atoms in total. The van der Waals surface area contributed by atoms with Gasteiger partial charge in [-0.3, -0.25) is 4.90 Å². The van der Waals surface area contributed by atoms with E-state index in [0.717, 1.165) is 25.8 Å². The van der Waals surface area contributed by atoms with E-state index >= 15 is 4.39 Å². The lowest BCUT2D eigenvalue weighted by Crippen LogP contribution is -2.72. The topological polar surface area (TPSA) is 95.9 Å². The number of benzene rings is 2. The van der Waals surface area contributed by atoms with E-state index in [9.17, 15) is 13.9 Å². The van der Waals surface area contributed by atoms with Crippen molar-refractivity contribution in [1.29, 1.82) is 0 Å². The number of ether oxygens (including phenoxy) is 2. The molecule has 0 aliphatic carbocycles. The van der Waals surface area contributed by atoms with E-state index in [-0.39, 0.29) is 70.1 Å². The average Bonchev–Trinajstić information content (AvgIpc) is 3.55. The van der Waals surface area contributed by atoms with E-state index in [2.05, 4.69) is 31.0 Å². The number of rotatable bonds is 4. The lowest BCUT2D eigenvalue weighted by atomic mass is 9.82. The lowest BCUT2D eigenvalue weighted by Gasteiger charge is -2.54. The predicted molar refractivity (Wildman–Crippen MR) is 165 cm³/mol. The van der Waals surface area contributed by atoms with Crippen molar-refractivity contribution in [3.63, 3.8) is 0 Å². The summed E-state index contributed by atoms with van der Waals surface area (Å²) in [5.41, 5.74) is -0.685. The number of hydrogen-bond donors (Lipinski definition) is 2. The Labute approximate surface area is 262 Å². The number of aromatic hydroxyl groups is 1. The number of phenolic OH excluding ortho intramolecular Hbond substituents is 1. The fraction of sp³-hybridized carbons (Fsp3) is 0.441. The molecule has 236 valence electrons. The quantitative estimate of drug-likeness (QED) is 0.318. The van der Waals surface area contributed by atoms with Gasteiger partial charge < -0.3 is 24.8 Å². The van der Waals surface area contributed by atoms with E-state index in [1.807, 2.05) is 0 Å². The highest BCUT2D eigenvalue weighted by Crippen LogP contribution is 2.45. The third-order valence-electron chi connectivity index (χ3n) is 10.6. The number of piperidine rings is 1. The van der Waals surface area contributed by atoms with Crippen LogP contribution in [0.4, 0.5) is 19.0 Å². The molecule has 2 bridgehead atoms. The van der Waals surface area contributed by atoms with Gasteiger partial charge in [0.25, 0.3) is 0 Å². The van der Waals surface area contributed by atoms with Gasteiger partial charge >= 0.3 is 6.01 Å². The first-order valence-electron chi connectivity index (χ1n) is 15.8. The number of pyridine rings is 1. The van der Waals surface area contributed by atoms with Crippen molar-refractivity contribution in [1.82, 2.24) is 25.2 Å². The summed E-state index contributed by atoms with van der Waals surface area (Å²) in [6.45, 7) is 2.35. The molecule has 5 atom stereocenters. The van der Waals surface area contributed by atoms with Crippen LogP contribution >= 0.6 is 0 Å². The number of terminal acetylenes is 1. The third-order valence-corrected chi connectivity index (χ3v) is 10.6. The minimum atomic E-state index is -0.927. The van der Waals surface area contributed by atoms with E-state index < -0.39 is 23.3 Å². The Hall–Kier alpha value is -4.34. The van der Waals surface area contributed by atoms with Gasteiger partial charge in [0.05, 0.1) is 17.7 Å². The predicted octanol–water partition coefficient (Wildman–Crippen LogP) is 4.47. The number of alkyl halides is 1. The summed E-state index contributed by atoms with van der Waals surface area (Å²) >= 11 is 0. The summed E-state index contributed by atoms with van der Waals surface area (Å²) in [6.07, 6.45) is 8.63. The molecule has 5 saturated heterocycles. The molecule has 0 unspecified atom stereocenters. The number of fused-ring (bicyclic) bond motifs is 2. The molecule has 5 fully saturated rings. The van der Waals surface area contributed by atoms with Crippen LogP contribution in [0.25, 0.3) is 32.9 Å². The van der Waals surface area contributed by atoms with Gasteiger partial charge in [-0.2, -0.15) is 9.97 Å². The van der Waals surface area contributed by atoms with Gasteiger partial charge in [0, 0.05) is 55.0 Å². The van der Waals surface area contributed by atoms with Gasteiger partial charge in [0.1, 0.15) is 46.8 Å². The molecule has 2 aromatic heterocycles. The van der Waals surface area contributed by atoms with Gasteiger partial charge in [0.15, 0.2) is 5.82 Å². The van der Waals surface area contributed by atoms with Gasteiger partial charge in [-0.1, -0.05) is 12.0 Å². The van der Waals surface area contributed by atoms with Crippen LogP contribution < -0.4 is 19.7 Å². The number of phenols is 1. The van der Waals surface area contributed by atoms with Gasteiger partial charge in [-0.15, -0.1) is 6.42 Å². The first kappa shape index (κ1) is 27.9. The van der Waals surface area contributed by atoms with Crippen molar-refractivity contribution in [2.24, 2.45) is 0 Å². The fourth-order valence-electron chi connectivity index (χ4n) is 8.51. The molecule has 8 heterocycles. The van der Waals surface area contributed by atoms with E-state index in [1.165, 1.54) is 24.3 Å². The zero-order valence-electron chi connectivity index (χ0n) is 24.9. The number of nitrogens with one attached hydrogen (secondary N) is 1. The molecule has 0 radical (unpaired) electrons. The Balaban J connectivity index is 1.25. The summed E-state index contributed by atoms with van der Waals surface area (Å²) in [5, 5.41) is 15.2. The third kappa shape index (κ3) is 4.07. The van der Waals surface area contributed by atoms with E-state index in [0.29, 0.717) is 49.1 Å². The van der Waals surface area contributed by atoms with Crippen LogP contribution in [0, 0.1) is 24.0 Å². The SMILES string of the molecule is C#Cc1c(F)ccc2cc(O)cc(-c3nc4c5c(nc(OC[C@@]67CCCN6C[C@H](F)C7)nc5c3F)N3C[C@H]5C[C@H](N5)[C@H]3CCO4)c12. The van der Waals surface area contributed by atoms with Crippen LogP contribution in [0.15, 0.2) is 24.3 Å². The highest BCUT2D eigenvalue weighted by Gasteiger charge is 2.50. The number of halogens is 3. The average molecular weight is 629 g/mol. The second-order valence-corrected chi connectivity index (χ2v) is 13.2. The number of nitrogens with zero attached hydrogens (tertiary/aromatic N) is 5. The van der Waals surface area contributed by atoms with Crippen molar-refractivity contribution in [2.45, 2.75) is 61.9 Å². The molecular formula is C34H31F3N6O3. The summed E-state index contributed by atoms with van der Waals surface area (Å²) in [4.78, 5) is 18.4. The standard InChI is InChI=1S/C34H31F3N6O3/c1-2-21-23(36)5-4-17-10-20(44)12-22(26(17)21)29-28(37)30-27-31(43-15-19-11-24(38-19)25(43)6-9-45-32(27)39-29)41-33(40-30)46-16-34-7-3-8-42(34)14-18(35)13-34/h1,4-5,10,12,18-19,24-25,38,44H,3,6-9,11,13-16H2/t18-,19-,24+,25-,34+/m1/s1. The lowest BCUT2D eigenvalue weighted by molar-refractivity contribution is 0.107. The number of piperazine rings is 1. The van der Waals surface area contributed by atoms with Crippen LogP contribution in [0.2, 0.25) is 0 Å². The Morgan fingerprint density at radius 3 is 2.89 bits per heavy atom. The van der Waals surface area contributed by atoms with E-state index in [1.54, 1.807) is 0 Å². The molecule has 6 aliphatic heterocycles. The van der Waals surface area contributed by atoms with Crippen LogP contribution in [0.3, 0.4) is 0 Å². The summed E-state index contributed by atoms with van der Waals surface area (Å²) in [7, 11) is 0. The molecule has 46 heavy (non-hydrogen) atoms. The van der Waals surface area contributed by atoms with E-state index in [4.69, 9.17) is 20.9 Å². The van der Waals surface area contributed by atoms with Gasteiger partial charge in [-0.25, -0.2) is 18.2 Å². The number of anilines is 1. The highest BCUT2D eigenvalue weighted by atomic mass is 19.1.